The lowest BCUT2D eigenvalue weighted by molar-refractivity contribution is -0.167. The molecule has 0 rings (SSSR count). The first-order chi connectivity index (χ1) is 40.0. The van der Waals surface area contributed by atoms with Crippen LogP contribution in [0.3, 0.4) is 0 Å². The number of carbonyl (C=O) groups excluding carboxylic acids is 3. The zero-order chi connectivity index (χ0) is 58.5. The smallest absolute Gasteiger partial charge is 0.306 e. The maximum absolute atomic E-state index is 12.9. The Bertz CT molecular complexity index is 1860. The van der Waals surface area contributed by atoms with Crippen molar-refractivity contribution in [2.75, 3.05) is 13.2 Å². The van der Waals surface area contributed by atoms with E-state index in [9.17, 15) is 14.4 Å². The molecule has 0 N–H and O–H groups in total. The van der Waals surface area contributed by atoms with Crippen molar-refractivity contribution < 1.29 is 28.6 Å². The Hall–Kier alpha value is -5.23. The third-order valence-electron chi connectivity index (χ3n) is 13.2. The summed E-state index contributed by atoms with van der Waals surface area (Å²) in [4.78, 5) is 38.3. The number of hydrogen-bond donors (Lipinski definition) is 0. The van der Waals surface area contributed by atoms with Gasteiger partial charge in [0.2, 0.25) is 0 Å². The van der Waals surface area contributed by atoms with Crippen LogP contribution in [0.15, 0.2) is 170 Å². The SMILES string of the molecule is CC/C=C\C/C=C\C/C=C\C/C=C\C/C=C\C/C=C\C/C=C\C/C=C\CCCCCCCCC(=O)OCC(COC(=O)CCCCCCC/C=C\C/C=C\CCC)OC(=O)CCCCCCCC/C=C\C/C=C\C/C=C\C/C=C\CC. The maximum Gasteiger partial charge on any atom is 0.306 e. The highest BCUT2D eigenvalue weighted by atomic mass is 16.6. The summed E-state index contributed by atoms with van der Waals surface area (Å²) in [5.41, 5.74) is 0. The van der Waals surface area contributed by atoms with E-state index in [1.54, 1.807) is 0 Å². The van der Waals surface area contributed by atoms with Crippen LogP contribution in [0.5, 0.6) is 0 Å². The van der Waals surface area contributed by atoms with Crippen LogP contribution in [0.2, 0.25) is 0 Å². The Labute approximate surface area is 498 Å². The highest BCUT2D eigenvalue weighted by Crippen LogP contribution is 2.14. The normalized spacial score (nSPS) is 13.3. The van der Waals surface area contributed by atoms with Crippen LogP contribution in [-0.2, 0) is 28.6 Å². The fourth-order valence-corrected chi connectivity index (χ4v) is 8.37. The Balaban J connectivity index is 4.39. The van der Waals surface area contributed by atoms with Crippen LogP contribution in [0, 0.1) is 0 Å². The number of carbonyl (C=O) groups is 3. The van der Waals surface area contributed by atoms with Gasteiger partial charge in [0.25, 0.3) is 0 Å². The molecule has 0 bridgehead atoms. The predicted molar refractivity (Wildman–Crippen MR) is 352 cm³/mol. The summed E-state index contributed by atoms with van der Waals surface area (Å²) < 4.78 is 16.9. The van der Waals surface area contributed by atoms with Crippen molar-refractivity contribution in [1.29, 1.82) is 0 Å². The molecule has 0 heterocycles. The molecule has 0 radical (unpaired) electrons. The van der Waals surface area contributed by atoms with Crippen LogP contribution in [0.4, 0.5) is 0 Å². The van der Waals surface area contributed by atoms with Crippen molar-refractivity contribution in [3.63, 3.8) is 0 Å². The fraction of sp³-hybridized carbons (Fsp3) is 0.587. The zero-order valence-electron chi connectivity index (χ0n) is 52.0. The second kappa shape index (κ2) is 67.3. The topological polar surface area (TPSA) is 78.9 Å². The van der Waals surface area contributed by atoms with Gasteiger partial charge < -0.3 is 14.2 Å². The maximum atomic E-state index is 12.9. The molecule has 0 amide bonds. The van der Waals surface area contributed by atoms with E-state index in [0.717, 1.165) is 193 Å². The molecule has 0 aromatic carbocycles. The molecule has 0 aliphatic carbocycles. The van der Waals surface area contributed by atoms with Gasteiger partial charge in [-0.2, -0.15) is 0 Å². The fourth-order valence-electron chi connectivity index (χ4n) is 8.37. The van der Waals surface area contributed by atoms with Crippen molar-refractivity contribution in [3.05, 3.63) is 170 Å². The molecular weight excluding hydrogens is 997 g/mol. The van der Waals surface area contributed by atoms with E-state index in [1.165, 1.54) is 32.1 Å². The van der Waals surface area contributed by atoms with Gasteiger partial charge in [0.1, 0.15) is 13.2 Å². The van der Waals surface area contributed by atoms with Crippen LogP contribution >= 0.6 is 0 Å². The van der Waals surface area contributed by atoms with Crippen molar-refractivity contribution in [2.45, 2.75) is 271 Å². The van der Waals surface area contributed by atoms with Gasteiger partial charge in [-0.05, 0) is 148 Å². The van der Waals surface area contributed by atoms with E-state index in [0.29, 0.717) is 19.3 Å². The lowest BCUT2D eigenvalue weighted by Crippen LogP contribution is -2.30. The van der Waals surface area contributed by atoms with Crippen molar-refractivity contribution >= 4 is 17.9 Å². The summed E-state index contributed by atoms with van der Waals surface area (Å²) in [7, 11) is 0. The van der Waals surface area contributed by atoms with Crippen LogP contribution < -0.4 is 0 Å². The van der Waals surface area contributed by atoms with Crippen molar-refractivity contribution in [3.8, 4) is 0 Å². The van der Waals surface area contributed by atoms with Crippen molar-refractivity contribution in [1.82, 2.24) is 0 Å². The highest BCUT2D eigenvalue weighted by molar-refractivity contribution is 5.71. The van der Waals surface area contributed by atoms with Crippen LogP contribution in [-0.4, -0.2) is 37.2 Å². The monoisotopic (exact) mass is 1110 g/mol. The molecule has 0 aromatic heterocycles. The highest BCUT2D eigenvalue weighted by Gasteiger charge is 2.19. The van der Waals surface area contributed by atoms with Gasteiger partial charge in [0.15, 0.2) is 6.10 Å². The number of rotatable bonds is 57. The molecule has 1 atom stereocenters. The van der Waals surface area contributed by atoms with Gasteiger partial charge >= 0.3 is 17.9 Å². The molecule has 0 aromatic rings. The van der Waals surface area contributed by atoms with E-state index in [-0.39, 0.29) is 31.1 Å². The minimum absolute atomic E-state index is 0.103. The van der Waals surface area contributed by atoms with Gasteiger partial charge in [-0.15, -0.1) is 0 Å². The quantitative estimate of drug-likeness (QED) is 0.0261. The second-order valence-electron chi connectivity index (χ2n) is 20.9. The Kier molecular flexibility index (Phi) is 62.9. The average Bonchev–Trinajstić information content (AvgIpc) is 3.46. The lowest BCUT2D eigenvalue weighted by atomic mass is 10.1. The molecule has 0 aliphatic rings. The Morgan fingerprint density at radius 1 is 0.259 bits per heavy atom. The molecule has 0 saturated carbocycles. The van der Waals surface area contributed by atoms with E-state index >= 15 is 0 Å². The van der Waals surface area contributed by atoms with Crippen molar-refractivity contribution in [2.24, 2.45) is 0 Å². The molecule has 1 unspecified atom stereocenters. The van der Waals surface area contributed by atoms with E-state index in [2.05, 4.69) is 191 Å². The van der Waals surface area contributed by atoms with E-state index < -0.39 is 6.10 Å². The van der Waals surface area contributed by atoms with E-state index in [1.807, 2.05) is 0 Å². The largest absolute Gasteiger partial charge is 0.462 e. The first kappa shape index (κ1) is 75.8. The zero-order valence-corrected chi connectivity index (χ0v) is 52.0. The molecule has 454 valence electrons. The summed E-state index contributed by atoms with van der Waals surface area (Å²) in [6.45, 7) is 6.31. The summed E-state index contributed by atoms with van der Waals surface area (Å²) in [6.07, 6.45) is 99.3. The van der Waals surface area contributed by atoms with Gasteiger partial charge in [0, 0.05) is 19.3 Å². The molecular formula is C75H118O6. The average molecular weight is 1120 g/mol. The van der Waals surface area contributed by atoms with Gasteiger partial charge in [0.05, 0.1) is 0 Å². The van der Waals surface area contributed by atoms with Crippen LogP contribution in [0.1, 0.15) is 265 Å². The minimum Gasteiger partial charge on any atom is -0.462 e. The van der Waals surface area contributed by atoms with Gasteiger partial charge in [-0.3, -0.25) is 14.4 Å². The molecule has 0 saturated heterocycles. The second-order valence-corrected chi connectivity index (χ2v) is 20.9. The standard InChI is InChI=1S/C75H118O6/c1-4-7-10-13-16-19-22-25-27-29-31-32-33-34-35-36-37-38-39-40-41-42-44-45-47-50-53-56-59-62-65-68-74(77)80-71-72(70-79-73(76)67-64-61-58-55-52-49-24-21-18-15-12-9-6-3)81-75(78)69-66-63-60-57-54-51-48-46-43-30-28-26-23-20-17-14-11-8-5-2/h7-8,10-12,15-17,19-21,24-28,31-32,34-35,37-38,40-41,43-46,72H,4-6,9,13-14,18,22-23,29-30,33,36,39,42,47-71H2,1-3H3/b10-7-,11-8-,15-12-,19-16-,20-17-,24-21-,27-25-,28-26-,32-31-,35-34-,38-37-,41-40-,45-44-,46-43-. The molecule has 81 heavy (non-hydrogen) atoms. The van der Waals surface area contributed by atoms with Gasteiger partial charge in [-0.1, -0.05) is 268 Å². The predicted octanol–water partition coefficient (Wildman–Crippen LogP) is 22.7. The lowest BCUT2D eigenvalue weighted by Gasteiger charge is -2.18. The Morgan fingerprint density at radius 3 is 0.753 bits per heavy atom. The summed E-state index contributed by atoms with van der Waals surface area (Å²) in [5.74, 6) is -0.950. The first-order valence-electron chi connectivity index (χ1n) is 32.6. The molecule has 6 heteroatoms. The first-order valence-corrected chi connectivity index (χ1v) is 32.6. The van der Waals surface area contributed by atoms with Crippen LogP contribution in [0.25, 0.3) is 0 Å². The van der Waals surface area contributed by atoms with E-state index in [4.69, 9.17) is 14.2 Å². The number of hydrogen-bond acceptors (Lipinski definition) is 6. The summed E-state index contributed by atoms with van der Waals surface area (Å²) in [5, 5.41) is 0. The third-order valence-corrected chi connectivity index (χ3v) is 13.2. The van der Waals surface area contributed by atoms with Gasteiger partial charge in [-0.25, -0.2) is 0 Å². The number of ether oxygens (including phenoxy) is 3. The number of unbranched alkanes of at least 4 members (excludes halogenated alkanes) is 18. The third kappa shape index (κ3) is 65.5. The number of allylic oxidation sites excluding steroid dienone is 28. The molecule has 6 nitrogen and oxygen atoms in total. The molecule has 0 fully saturated rings. The summed E-state index contributed by atoms with van der Waals surface area (Å²) >= 11 is 0. The number of esters is 3. The Morgan fingerprint density at radius 2 is 0.481 bits per heavy atom. The summed E-state index contributed by atoms with van der Waals surface area (Å²) in [6, 6.07) is 0. The molecule has 0 aliphatic heterocycles. The minimum atomic E-state index is -0.808. The molecule has 0 spiro atoms.